The van der Waals surface area contributed by atoms with Crippen molar-refractivity contribution in [2.45, 2.75) is 59.0 Å². The summed E-state index contributed by atoms with van der Waals surface area (Å²) in [5, 5.41) is 0.649. The molecular formula is C24H30FN3O3. The molecule has 2 fully saturated rings. The van der Waals surface area contributed by atoms with Crippen LogP contribution in [-0.2, 0) is 14.9 Å². The predicted octanol–water partition coefficient (Wildman–Crippen LogP) is 4.43. The number of carbonyl (C=O) groups is 2. The minimum atomic E-state index is -0.557. The van der Waals surface area contributed by atoms with Gasteiger partial charge in [-0.2, -0.15) is 0 Å². The Bertz CT molecular complexity index is 1050. The molecule has 0 bridgehead atoms. The van der Waals surface area contributed by atoms with Gasteiger partial charge in [-0.15, -0.1) is 0 Å². The number of halogens is 1. The first kappa shape index (κ1) is 21.7. The number of amides is 1. The number of rotatable bonds is 4. The van der Waals surface area contributed by atoms with Gasteiger partial charge in [-0.25, -0.2) is 19.2 Å². The Morgan fingerprint density at radius 2 is 1.77 bits per heavy atom. The fourth-order valence-electron chi connectivity index (χ4n) is 4.86. The van der Waals surface area contributed by atoms with Gasteiger partial charge >= 0.3 is 6.09 Å². The largest absolute Gasteiger partial charge is 0.444 e. The molecule has 2 aliphatic rings. The number of hydrogen-bond donors (Lipinski definition) is 0. The van der Waals surface area contributed by atoms with Crippen molar-refractivity contribution in [1.82, 2.24) is 14.9 Å². The lowest BCUT2D eigenvalue weighted by Gasteiger charge is -2.27. The molecule has 1 aromatic heterocycles. The molecule has 0 radical (unpaired) electrons. The second-order valence-corrected chi connectivity index (χ2v) is 10.5. The van der Waals surface area contributed by atoms with Crippen LogP contribution in [0.15, 0.2) is 18.2 Å². The lowest BCUT2D eigenvalue weighted by atomic mass is 9.80. The number of aryl methyl sites for hydroxylation is 1. The van der Waals surface area contributed by atoms with E-state index in [0.29, 0.717) is 41.9 Å². The third-order valence-electron chi connectivity index (χ3n) is 6.26. The number of ether oxygens (including phenoxy) is 1. The van der Waals surface area contributed by atoms with Gasteiger partial charge in [0.25, 0.3) is 0 Å². The summed E-state index contributed by atoms with van der Waals surface area (Å²) >= 11 is 0. The van der Waals surface area contributed by atoms with E-state index in [9.17, 15) is 14.0 Å². The van der Waals surface area contributed by atoms with Gasteiger partial charge in [-0.3, -0.25) is 4.79 Å². The third-order valence-corrected chi connectivity index (χ3v) is 6.26. The average molecular weight is 428 g/mol. The summed E-state index contributed by atoms with van der Waals surface area (Å²) in [5.41, 5.74) is -0.0922. The number of fused-ring (bicyclic) bond motifs is 2. The summed E-state index contributed by atoms with van der Waals surface area (Å²) in [7, 11) is 0. The van der Waals surface area contributed by atoms with Crippen LogP contribution in [0.2, 0.25) is 0 Å². The van der Waals surface area contributed by atoms with E-state index in [1.54, 1.807) is 17.9 Å². The number of aromatic nitrogens is 2. The zero-order chi connectivity index (χ0) is 22.7. The quantitative estimate of drug-likeness (QED) is 0.722. The van der Waals surface area contributed by atoms with E-state index in [-0.39, 0.29) is 35.4 Å². The first-order valence-corrected chi connectivity index (χ1v) is 10.8. The summed E-state index contributed by atoms with van der Waals surface area (Å²) in [4.78, 5) is 36.0. The molecule has 1 aromatic carbocycles. The van der Waals surface area contributed by atoms with Gasteiger partial charge in [-0.1, -0.05) is 26.0 Å². The van der Waals surface area contributed by atoms with Gasteiger partial charge in [0.05, 0.1) is 5.69 Å². The minimum Gasteiger partial charge on any atom is -0.444 e. The van der Waals surface area contributed by atoms with E-state index < -0.39 is 11.0 Å². The van der Waals surface area contributed by atoms with Gasteiger partial charge in [0.2, 0.25) is 0 Å². The normalized spacial score (nSPS) is 23.1. The van der Waals surface area contributed by atoms with Crippen LogP contribution in [0.1, 0.15) is 52.6 Å². The Morgan fingerprint density at radius 1 is 1.13 bits per heavy atom. The maximum atomic E-state index is 14.3. The van der Waals surface area contributed by atoms with E-state index in [2.05, 4.69) is 9.97 Å². The van der Waals surface area contributed by atoms with Crippen LogP contribution in [0.4, 0.5) is 9.18 Å². The molecule has 1 unspecified atom stereocenters. The number of benzene rings is 1. The van der Waals surface area contributed by atoms with Crippen molar-refractivity contribution in [3.8, 4) is 0 Å². The molecule has 0 N–H and O–H groups in total. The molecule has 2 heterocycles. The molecule has 166 valence electrons. The zero-order valence-corrected chi connectivity index (χ0v) is 19.0. The highest BCUT2D eigenvalue weighted by Crippen LogP contribution is 2.53. The van der Waals surface area contributed by atoms with E-state index in [0.717, 1.165) is 0 Å². The highest BCUT2D eigenvalue weighted by Gasteiger charge is 2.60. The molecule has 0 spiro atoms. The number of hydrogen-bond acceptors (Lipinski definition) is 5. The molecule has 31 heavy (non-hydrogen) atoms. The fraction of sp³-hybridized carbons (Fsp3) is 0.583. The van der Waals surface area contributed by atoms with Crippen LogP contribution in [0.3, 0.4) is 0 Å². The summed E-state index contributed by atoms with van der Waals surface area (Å²) in [5.74, 6) is 0.678. The molecule has 1 saturated carbocycles. The first-order valence-electron chi connectivity index (χ1n) is 10.8. The molecular weight excluding hydrogens is 397 g/mol. The predicted molar refractivity (Wildman–Crippen MR) is 115 cm³/mol. The van der Waals surface area contributed by atoms with Crippen LogP contribution < -0.4 is 0 Å². The number of nitrogens with zero attached hydrogens (tertiary/aromatic N) is 3. The average Bonchev–Trinajstić information content (AvgIpc) is 3.14. The van der Waals surface area contributed by atoms with Gasteiger partial charge in [0.15, 0.2) is 0 Å². The highest BCUT2D eigenvalue weighted by molar-refractivity contribution is 5.88. The maximum Gasteiger partial charge on any atom is 0.410 e. The lowest BCUT2D eigenvalue weighted by Crippen LogP contribution is -2.37. The van der Waals surface area contributed by atoms with Gasteiger partial charge in [0.1, 0.15) is 28.5 Å². The minimum absolute atomic E-state index is 0.0242. The Kier molecular flexibility index (Phi) is 5.06. The van der Waals surface area contributed by atoms with E-state index >= 15 is 0 Å². The molecule has 1 aliphatic heterocycles. The van der Waals surface area contributed by atoms with Crippen molar-refractivity contribution in [3.63, 3.8) is 0 Å². The standard InChI is InChI=1S/C24H30FN3O3/c1-13-26-20-14(8-7-9-17(20)25)21(27-13)24(5,6)10-18(29)19-15-11-28(12-16(15)19)22(30)31-23(2,3)4/h7-9,15-16,19H,10-12H2,1-6H3/t15-,16+,19?. The molecule has 6 nitrogen and oxygen atoms in total. The van der Waals surface area contributed by atoms with Gasteiger partial charge in [0, 0.05) is 36.2 Å². The second kappa shape index (κ2) is 7.24. The molecule has 1 aliphatic carbocycles. The smallest absolute Gasteiger partial charge is 0.410 e. The molecule has 3 atom stereocenters. The summed E-state index contributed by atoms with van der Waals surface area (Å²) in [6, 6.07) is 4.84. The number of likely N-dealkylation sites (tertiary alicyclic amines) is 1. The summed E-state index contributed by atoms with van der Waals surface area (Å²) in [6.07, 6.45) is 0.00953. The molecule has 4 rings (SSSR count). The van der Waals surface area contributed by atoms with E-state index in [1.807, 2.05) is 40.7 Å². The number of ketones is 1. The first-order chi connectivity index (χ1) is 14.4. The van der Waals surface area contributed by atoms with Crippen LogP contribution >= 0.6 is 0 Å². The van der Waals surface area contributed by atoms with E-state index in [1.165, 1.54) is 6.07 Å². The SMILES string of the molecule is Cc1nc(C(C)(C)CC(=O)C2[C@H]3CN(C(=O)OC(C)(C)C)C[C@@H]23)c2cccc(F)c2n1. The Hall–Kier alpha value is -2.57. The van der Waals surface area contributed by atoms with Crippen molar-refractivity contribution in [2.75, 3.05) is 13.1 Å². The van der Waals surface area contributed by atoms with Gasteiger partial charge < -0.3 is 9.64 Å². The van der Waals surface area contributed by atoms with Crippen molar-refractivity contribution < 1.29 is 18.7 Å². The Labute approximate surface area is 182 Å². The topological polar surface area (TPSA) is 72.4 Å². The highest BCUT2D eigenvalue weighted by atomic mass is 19.1. The number of para-hydroxylation sites is 1. The van der Waals surface area contributed by atoms with Crippen molar-refractivity contribution in [1.29, 1.82) is 0 Å². The number of carbonyl (C=O) groups excluding carboxylic acids is 2. The monoisotopic (exact) mass is 427 g/mol. The Morgan fingerprint density at radius 3 is 2.39 bits per heavy atom. The van der Waals surface area contributed by atoms with Crippen LogP contribution in [0, 0.1) is 30.5 Å². The maximum absolute atomic E-state index is 14.3. The van der Waals surface area contributed by atoms with Crippen LogP contribution in [0.25, 0.3) is 10.9 Å². The molecule has 7 heteroatoms. The molecule has 1 amide bonds. The molecule has 1 saturated heterocycles. The third kappa shape index (κ3) is 4.14. The second-order valence-electron chi connectivity index (χ2n) is 10.5. The Balaban J connectivity index is 1.46. The number of piperidine rings is 1. The number of Topliss-reactive ketones (excluding diaryl/α,β-unsaturated/α-hetero) is 1. The van der Waals surface area contributed by atoms with E-state index in [4.69, 9.17) is 4.74 Å². The lowest BCUT2D eigenvalue weighted by molar-refractivity contribution is -0.122. The van der Waals surface area contributed by atoms with Crippen LogP contribution in [0.5, 0.6) is 0 Å². The summed E-state index contributed by atoms with van der Waals surface area (Å²) < 4.78 is 19.7. The van der Waals surface area contributed by atoms with Crippen molar-refractivity contribution >= 4 is 22.8 Å². The summed E-state index contributed by atoms with van der Waals surface area (Å²) in [6.45, 7) is 12.4. The zero-order valence-electron chi connectivity index (χ0n) is 19.0. The molecule has 2 aromatic rings. The van der Waals surface area contributed by atoms with Crippen LogP contribution in [-0.4, -0.2) is 45.4 Å². The fourth-order valence-corrected chi connectivity index (χ4v) is 4.86. The van der Waals surface area contributed by atoms with Crippen molar-refractivity contribution in [2.24, 2.45) is 17.8 Å². The van der Waals surface area contributed by atoms with Crippen molar-refractivity contribution in [3.05, 3.63) is 35.5 Å². The van der Waals surface area contributed by atoms with Gasteiger partial charge in [-0.05, 0) is 45.6 Å².